The normalized spacial score (nSPS) is 22.3. The van der Waals surface area contributed by atoms with E-state index in [1.807, 2.05) is 36.4 Å². The molecule has 0 spiro atoms. The van der Waals surface area contributed by atoms with E-state index in [0.29, 0.717) is 5.38 Å². The number of alkyl halides is 1. The number of ether oxygens (including phenoxy) is 1. The summed E-state index contributed by atoms with van der Waals surface area (Å²) in [5.41, 5.74) is 2.34. The first-order valence-electron chi connectivity index (χ1n) is 6.28. The van der Waals surface area contributed by atoms with Crippen LogP contribution in [-0.2, 0) is 0 Å². The van der Waals surface area contributed by atoms with E-state index < -0.39 is 0 Å². The maximum Gasteiger partial charge on any atom is 0.127 e. The molecule has 3 rings (SSSR count). The van der Waals surface area contributed by atoms with Crippen molar-refractivity contribution in [2.24, 2.45) is 0 Å². The second kappa shape index (κ2) is 5.03. The Morgan fingerprint density at radius 3 is 2.28 bits per heavy atom. The Morgan fingerprint density at radius 1 is 0.889 bits per heavy atom. The lowest BCUT2D eigenvalue weighted by Gasteiger charge is -2.31. The minimum atomic E-state index is 0.275. The highest BCUT2D eigenvalue weighted by molar-refractivity contribution is 6.21. The van der Waals surface area contributed by atoms with Crippen LogP contribution in [0.15, 0.2) is 54.6 Å². The van der Waals surface area contributed by atoms with E-state index in [-0.39, 0.29) is 6.10 Å². The Labute approximate surface area is 112 Å². The molecule has 92 valence electrons. The number of rotatable bonds is 3. The Morgan fingerprint density at radius 2 is 1.56 bits per heavy atom. The van der Waals surface area contributed by atoms with Crippen LogP contribution >= 0.6 is 11.6 Å². The summed E-state index contributed by atoms with van der Waals surface area (Å²) in [4.78, 5) is 0. The number of hydrogen-bond acceptors (Lipinski definition) is 1. The molecule has 18 heavy (non-hydrogen) atoms. The van der Waals surface area contributed by atoms with Gasteiger partial charge in [-0.2, -0.15) is 0 Å². The van der Waals surface area contributed by atoms with Gasteiger partial charge in [0.05, 0.1) is 0 Å². The van der Waals surface area contributed by atoms with Crippen molar-refractivity contribution in [2.75, 3.05) is 0 Å². The monoisotopic (exact) mass is 258 g/mol. The van der Waals surface area contributed by atoms with E-state index in [4.69, 9.17) is 16.3 Å². The number of halogens is 1. The Hall–Kier alpha value is -1.47. The van der Waals surface area contributed by atoms with Crippen molar-refractivity contribution < 1.29 is 4.74 Å². The Balaban J connectivity index is 1.86. The van der Waals surface area contributed by atoms with Crippen LogP contribution in [-0.4, -0.2) is 11.5 Å². The van der Waals surface area contributed by atoms with Gasteiger partial charge in [-0.15, -0.1) is 11.6 Å². The minimum Gasteiger partial charge on any atom is -0.490 e. The molecule has 2 aromatic carbocycles. The van der Waals surface area contributed by atoms with Crippen molar-refractivity contribution >= 4 is 11.6 Å². The highest BCUT2D eigenvalue weighted by Gasteiger charge is 2.29. The molecule has 0 aliphatic heterocycles. The Bertz CT molecular complexity index is 518. The van der Waals surface area contributed by atoms with Gasteiger partial charge in [0.15, 0.2) is 0 Å². The molecule has 0 saturated heterocycles. The van der Waals surface area contributed by atoms with Crippen LogP contribution in [0.5, 0.6) is 5.75 Å². The molecule has 0 heterocycles. The lowest BCUT2D eigenvalue weighted by molar-refractivity contribution is 0.125. The van der Waals surface area contributed by atoms with Gasteiger partial charge >= 0.3 is 0 Å². The fourth-order valence-electron chi connectivity index (χ4n) is 2.20. The largest absolute Gasteiger partial charge is 0.490 e. The maximum atomic E-state index is 6.02. The van der Waals surface area contributed by atoms with Crippen LogP contribution in [0.25, 0.3) is 11.1 Å². The molecule has 1 fully saturated rings. The van der Waals surface area contributed by atoms with Crippen LogP contribution in [0.3, 0.4) is 0 Å². The van der Waals surface area contributed by atoms with Crippen LogP contribution in [0, 0.1) is 0 Å². The lowest BCUT2D eigenvalue weighted by Crippen LogP contribution is -2.34. The third-order valence-corrected chi connectivity index (χ3v) is 3.66. The molecule has 0 unspecified atom stereocenters. The SMILES string of the molecule is ClC1CC(Oc2ccccc2-c2ccccc2)C1. The molecule has 1 nitrogen and oxygen atoms in total. The molecule has 0 atom stereocenters. The zero-order valence-electron chi connectivity index (χ0n) is 10.1. The molecule has 0 bridgehead atoms. The molecule has 0 radical (unpaired) electrons. The highest BCUT2D eigenvalue weighted by atomic mass is 35.5. The second-order valence-corrected chi connectivity index (χ2v) is 5.29. The van der Waals surface area contributed by atoms with Crippen LogP contribution in [0.4, 0.5) is 0 Å². The van der Waals surface area contributed by atoms with Crippen molar-refractivity contribution in [1.82, 2.24) is 0 Å². The summed E-state index contributed by atoms with van der Waals surface area (Å²) in [6.45, 7) is 0. The first kappa shape index (κ1) is 11.6. The van der Waals surface area contributed by atoms with Gasteiger partial charge in [-0.1, -0.05) is 48.5 Å². The molecule has 1 aliphatic carbocycles. The van der Waals surface area contributed by atoms with Gasteiger partial charge in [0.1, 0.15) is 11.9 Å². The molecule has 2 heteroatoms. The van der Waals surface area contributed by atoms with Crippen LogP contribution < -0.4 is 4.74 Å². The quantitative estimate of drug-likeness (QED) is 0.737. The van der Waals surface area contributed by atoms with E-state index in [0.717, 1.165) is 24.2 Å². The molecular weight excluding hydrogens is 244 g/mol. The van der Waals surface area contributed by atoms with E-state index in [2.05, 4.69) is 18.2 Å². The van der Waals surface area contributed by atoms with Crippen LogP contribution in [0.2, 0.25) is 0 Å². The van der Waals surface area contributed by atoms with E-state index in [1.54, 1.807) is 0 Å². The summed E-state index contributed by atoms with van der Waals surface area (Å²) in [7, 11) is 0. The zero-order chi connectivity index (χ0) is 12.4. The number of hydrogen-bond donors (Lipinski definition) is 0. The van der Waals surface area contributed by atoms with Gasteiger partial charge in [-0.25, -0.2) is 0 Å². The van der Waals surface area contributed by atoms with E-state index in [1.165, 1.54) is 5.56 Å². The van der Waals surface area contributed by atoms with Crippen molar-refractivity contribution in [3.05, 3.63) is 54.6 Å². The first-order valence-corrected chi connectivity index (χ1v) is 6.72. The summed E-state index contributed by atoms with van der Waals surface area (Å²) < 4.78 is 6.02. The van der Waals surface area contributed by atoms with Gasteiger partial charge in [0.2, 0.25) is 0 Å². The molecule has 0 aromatic heterocycles. The summed E-state index contributed by atoms with van der Waals surface area (Å²) in [5, 5.41) is 0.291. The summed E-state index contributed by atoms with van der Waals surface area (Å²) in [6, 6.07) is 18.5. The summed E-state index contributed by atoms with van der Waals surface area (Å²) in [6.07, 6.45) is 2.17. The topological polar surface area (TPSA) is 9.23 Å². The predicted molar refractivity (Wildman–Crippen MR) is 75.2 cm³/mol. The van der Waals surface area contributed by atoms with E-state index >= 15 is 0 Å². The molecule has 2 aromatic rings. The zero-order valence-corrected chi connectivity index (χ0v) is 10.8. The van der Waals surface area contributed by atoms with Gasteiger partial charge in [0, 0.05) is 23.8 Å². The average molecular weight is 259 g/mol. The highest BCUT2D eigenvalue weighted by Crippen LogP contribution is 2.35. The van der Waals surface area contributed by atoms with Gasteiger partial charge < -0.3 is 4.74 Å². The fraction of sp³-hybridized carbons (Fsp3) is 0.250. The third-order valence-electron chi connectivity index (χ3n) is 3.30. The lowest BCUT2D eigenvalue weighted by atomic mass is 9.95. The smallest absolute Gasteiger partial charge is 0.127 e. The van der Waals surface area contributed by atoms with Gasteiger partial charge in [-0.3, -0.25) is 0 Å². The summed E-state index contributed by atoms with van der Waals surface area (Å²) >= 11 is 5.99. The number of para-hydroxylation sites is 1. The van der Waals surface area contributed by atoms with Crippen molar-refractivity contribution in [1.29, 1.82) is 0 Å². The van der Waals surface area contributed by atoms with Crippen molar-refractivity contribution in [3.63, 3.8) is 0 Å². The molecule has 0 amide bonds. The van der Waals surface area contributed by atoms with Crippen molar-refractivity contribution in [2.45, 2.75) is 24.3 Å². The van der Waals surface area contributed by atoms with Gasteiger partial charge in [-0.05, 0) is 11.6 Å². The maximum absolute atomic E-state index is 6.02. The predicted octanol–water partition coefficient (Wildman–Crippen LogP) is 4.50. The fourth-order valence-corrected chi connectivity index (χ4v) is 2.60. The molecule has 1 aliphatic rings. The molecule has 0 N–H and O–H groups in total. The van der Waals surface area contributed by atoms with Gasteiger partial charge in [0.25, 0.3) is 0 Å². The second-order valence-electron chi connectivity index (χ2n) is 4.67. The average Bonchev–Trinajstić information content (AvgIpc) is 2.39. The van der Waals surface area contributed by atoms with Crippen LogP contribution in [0.1, 0.15) is 12.8 Å². The Kier molecular flexibility index (Phi) is 3.24. The number of benzene rings is 2. The standard InChI is InChI=1S/C16H15ClO/c17-13-10-14(11-13)18-16-9-5-4-8-15(16)12-6-2-1-3-7-12/h1-9,13-14H,10-11H2. The third kappa shape index (κ3) is 2.37. The minimum absolute atomic E-state index is 0.275. The van der Waals surface area contributed by atoms with Crippen molar-refractivity contribution in [3.8, 4) is 16.9 Å². The first-order chi connectivity index (χ1) is 8.83. The molecule has 1 saturated carbocycles. The molecular formula is C16H15ClO. The van der Waals surface area contributed by atoms with E-state index in [9.17, 15) is 0 Å². The summed E-state index contributed by atoms with van der Waals surface area (Å²) in [5.74, 6) is 0.956.